The van der Waals surface area contributed by atoms with Crippen molar-refractivity contribution >= 4 is 23.5 Å². The van der Waals surface area contributed by atoms with Crippen LogP contribution in [0.3, 0.4) is 0 Å². The van der Waals surface area contributed by atoms with Gasteiger partial charge in [-0.1, -0.05) is 6.07 Å². The van der Waals surface area contributed by atoms with Crippen LogP contribution in [0.5, 0.6) is 0 Å². The molecule has 1 fully saturated rings. The highest BCUT2D eigenvalue weighted by atomic mass is 16.3. The van der Waals surface area contributed by atoms with Crippen LogP contribution < -0.4 is 10.2 Å². The highest BCUT2D eigenvalue weighted by Crippen LogP contribution is 2.29. The van der Waals surface area contributed by atoms with E-state index < -0.39 is 29.9 Å². The number of nitrogens with one attached hydrogen (secondary N) is 1. The summed E-state index contributed by atoms with van der Waals surface area (Å²) >= 11 is 0. The predicted octanol–water partition coefficient (Wildman–Crippen LogP) is 2.61. The molecule has 150 valence electrons. The van der Waals surface area contributed by atoms with Gasteiger partial charge in [-0.05, 0) is 56.2 Å². The number of nitrogens with zero attached hydrogens (tertiary/aromatic N) is 3. The van der Waals surface area contributed by atoms with Gasteiger partial charge >= 0.3 is 6.03 Å². The van der Waals surface area contributed by atoms with Crippen LogP contribution in [0.4, 0.5) is 10.5 Å². The molecule has 0 aliphatic carbocycles. The normalized spacial score (nSPS) is 18.5. The summed E-state index contributed by atoms with van der Waals surface area (Å²) in [6.07, 6.45) is 1.54. The van der Waals surface area contributed by atoms with E-state index in [0.717, 1.165) is 16.0 Å². The second-order valence-corrected chi connectivity index (χ2v) is 7.15. The van der Waals surface area contributed by atoms with Gasteiger partial charge < -0.3 is 14.6 Å². The number of rotatable bonds is 6. The number of urea groups is 1. The quantitative estimate of drug-likeness (QED) is 0.758. The minimum Gasteiger partial charge on any atom is -0.466 e. The predicted molar refractivity (Wildman–Crippen MR) is 105 cm³/mol. The molecule has 1 aromatic heterocycles. The lowest BCUT2D eigenvalue weighted by atomic mass is 9.99. The van der Waals surface area contributed by atoms with Crippen LogP contribution in [0.1, 0.15) is 30.2 Å². The number of anilines is 1. The van der Waals surface area contributed by atoms with Crippen LogP contribution in [0, 0.1) is 25.2 Å². The van der Waals surface area contributed by atoms with Gasteiger partial charge in [0.05, 0.1) is 18.8 Å². The molecule has 3 rings (SSSR count). The third-order valence-corrected chi connectivity index (χ3v) is 5.13. The van der Waals surface area contributed by atoms with Crippen LogP contribution >= 0.6 is 0 Å². The topological polar surface area (TPSA) is 107 Å². The highest BCUT2D eigenvalue weighted by Gasteiger charge is 2.51. The summed E-state index contributed by atoms with van der Waals surface area (Å²) in [4.78, 5) is 40.7. The van der Waals surface area contributed by atoms with Crippen LogP contribution in [0.15, 0.2) is 41.0 Å². The number of carbonyl (C=O) groups excluding carboxylic acids is 3. The van der Waals surface area contributed by atoms with Gasteiger partial charge in [0.2, 0.25) is 5.91 Å². The van der Waals surface area contributed by atoms with Crippen molar-refractivity contribution in [2.75, 3.05) is 18.0 Å². The Bertz CT molecular complexity index is 993. The molecule has 0 spiro atoms. The molecule has 0 bridgehead atoms. The SMILES string of the molecule is Cc1ccc(N(CCC#N)C(=O)CN2C(=O)NC(C)(c3ccco3)C2=O)cc1C. The van der Waals surface area contributed by atoms with Crippen LogP contribution in [-0.4, -0.2) is 35.8 Å². The van der Waals surface area contributed by atoms with Crippen molar-refractivity contribution < 1.29 is 18.8 Å². The molecule has 8 heteroatoms. The summed E-state index contributed by atoms with van der Waals surface area (Å²) in [5, 5.41) is 11.6. The van der Waals surface area contributed by atoms with Crippen molar-refractivity contribution in [3.8, 4) is 6.07 Å². The van der Waals surface area contributed by atoms with E-state index in [1.165, 1.54) is 18.1 Å². The highest BCUT2D eigenvalue weighted by molar-refractivity contribution is 6.10. The van der Waals surface area contributed by atoms with Crippen LogP contribution in [0.25, 0.3) is 0 Å². The van der Waals surface area contributed by atoms with E-state index in [2.05, 4.69) is 5.32 Å². The zero-order valence-electron chi connectivity index (χ0n) is 16.6. The Hall–Kier alpha value is -3.60. The fraction of sp³-hybridized carbons (Fsp3) is 0.333. The standard InChI is InChI=1S/C21H22N4O4/c1-14-7-8-16(12-15(14)2)24(10-5-9-22)18(26)13-25-19(27)21(3,23-20(25)28)17-6-4-11-29-17/h4,6-8,11-12H,5,10,13H2,1-3H3,(H,23,28). The number of hydrogen-bond donors (Lipinski definition) is 1. The second kappa shape index (κ2) is 7.80. The van der Waals surface area contributed by atoms with Crippen molar-refractivity contribution in [1.29, 1.82) is 5.26 Å². The van der Waals surface area contributed by atoms with Gasteiger partial charge in [-0.2, -0.15) is 5.26 Å². The molecule has 1 saturated heterocycles. The maximum Gasteiger partial charge on any atom is 0.325 e. The van der Waals surface area contributed by atoms with Crippen molar-refractivity contribution in [3.63, 3.8) is 0 Å². The number of benzene rings is 1. The third kappa shape index (κ3) is 3.72. The molecule has 1 aromatic carbocycles. The van der Waals surface area contributed by atoms with E-state index in [1.54, 1.807) is 18.2 Å². The Balaban J connectivity index is 1.84. The van der Waals surface area contributed by atoms with Crippen molar-refractivity contribution in [2.45, 2.75) is 32.7 Å². The summed E-state index contributed by atoms with van der Waals surface area (Å²) in [6.45, 7) is 5.16. The smallest absolute Gasteiger partial charge is 0.325 e. The molecule has 1 unspecified atom stereocenters. The largest absolute Gasteiger partial charge is 0.466 e. The first-order valence-corrected chi connectivity index (χ1v) is 9.20. The maximum absolute atomic E-state index is 13.0. The number of furan rings is 1. The van der Waals surface area contributed by atoms with Crippen molar-refractivity contribution in [1.82, 2.24) is 10.2 Å². The summed E-state index contributed by atoms with van der Waals surface area (Å²) < 4.78 is 5.29. The fourth-order valence-electron chi connectivity index (χ4n) is 3.24. The van der Waals surface area contributed by atoms with Gasteiger partial charge in [-0.15, -0.1) is 0 Å². The van der Waals surface area contributed by atoms with Gasteiger partial charge in [-0.3, -0.25) is 14.5 Å². The van der Waals surface area contributed by atoms with Gasteiger partial charge in [0, 0.05) is 12.2 Å². The van der Waals surface area contributed by atoms with Gasteiger partial charge in [0.15, 0.2) is 5.54 Å². The van der Waals surface area contributed by atoms with Crippen molar-refractivity contribution in [3.05, 3.63) is 53.5 Å². The first-order chi connectivity index (χ1) is 13.8. The zero-order valence-corrected chi connectivity index (χ0v) is 16.6. The Morgan fingerprint density at radius 3 is 2.66 bits per heavy atom. The zero-order chi connectivity index (χ0) is 21.2. The van der Waals surface area contributed by atoms with Gasteiger partial charge in [0.25, 0.3) is 5.91 Å². The van der Waals surface area contributed by atoms with E-state index in [4.69, 9.17) is 9.68 Å². The molecular formula is C21H22N4O4. The Morgan fingerprint density at radius 1 is 1.28 bits per heavy atom. The molecule has 29 heavy (non-hydrogen) atoms. The Kier molecular flexibility index (Phi) is 5.41. The van der Waals surface area contributed by atoms with E-state index >= 15 is 0 Å². The minimum absolute atomic E-state index is 0.128. The van der Waals surface area contributed by atoms with Gasteiger partial charge in [-0.25, -0.2) is 4.79 Å². The lowest BCUT2D eigenvalue weighted by molar-refractivity contribution is -0.134. The number of carbonyl (C=O) groups is 3. The van der Waals surface area contributed by atoms with Crippen molar-refractivity contribution in [2.24, 2.45) is 0 Å². The first-order valence-electron chi connectivity index (χ1n) is 9.20. The third-order valence-electron chi connectivity index (χ3n) is 5.13. The number of nitriles is 1. The summed E-state index contributed by atoms with van der Waals surface area (Å²) in [7, 11) is 0. The molecular weight excluding hydrogens is 372 g/mol. The summed E-state index contributed by atoms with van der Waals surface area (Å²) in [5.74, 6) is -0.719. The Labute approximate surface area is 168 Å². The summed E-state index contributed by atoms with van der Waals surface area (Å²) in [6, 6.07) is 10.1. The number of imide groups is 1. The monoisotopic (exact) mass is 394 g/mol. The molecule has 1 aliphatic rings. The number of aryl methyl sites for hydroxylation is 2. The molecule has 4 amide bonds. The molecule has 1 aliphatic heterocycles. The average Bonchev–Trinajstić information content (AvgIpc) is 3.29. The second-order valence-electron chi connectivity index (χ2n) is 7.15. The molecule has 8 nitrogen and oxygen atoms in total. The molecule has 2 aromatic rings. The number of amides is 4. The van der Waals surface area contributed by atoms with E-state index in [9.17, 15) is 14.4 Å². The summed E-state index contributed by atoms with van der Waals surface area (Å²) in [5.41, 5.74) is 1.33. The number of hydrogen-bond acceptors (Lipinski definition) is 5. The lowest BCUT2D eigenvalue weighted by Gasteiger charge is -2.25. The first kappa shape index (κ1) is 20.1. The van der Waals surface area contributed by atoms with E-state index in [0.29, 0.717) is 11.4 Å². The maximum atomic E-state index is 13.0. The van der Waals surface area contributed by atoms with E-state index in [1.807, 2.05) is 32.0 Å². The van der Waals surface area contributed by atoms with Gasteiger partial charge in [0.1, 0.15) is 12.3 Å². The van der Waals surface area contributed by atoms with Crippen LogP contribution in [0.2, 0.25) is 0 Å². The fourth-order valence-corrected chi connectivity index (χ4v) is 3.24. The molecule has 0 radical (unpaired) electrons. The van der Waals surface area contributed by atoms with E-state index in [-0.39, 0.29) is 13.0 Å². The lowest BCUT2D eigenvalue weighted by Crippen LogP contribution is -2.45. The minimum atomic E-state index is -1.36. The Morgan fingerprint density at radius 2 is 2.03 bits per heavy atom. The molecule has 1 atom stereocenters. The molecule has 2 heterocycles. The average molecular weight is 394 g/mol. The molecule has 1 N–H and O–H groups in total. The molecule has 0 saturated carbocycles. The van der Waals surface area contributed by atoms with Crippen LogP contribution in [-0.2, 0) is 15.1 Å².